The summed E-state index contributed by atoms with van der Waals surface area (Å²) in [5.74, 6) is 2.55. The Hall–Kier alpha value is -2.93. The lowest BCUT2D eigenvalue weighted by atomic mass is 10.1. The molecule has 3 N–H and O–H groups in total. The molecule has 3 aromatic rings. The highest BCUT2D eigenvalue weighted by molar-refractivity contribution is 5.53. The van der Waals surface area contributed by atoms with E-state index in [0.29, 0.717) is 36.4 Å². The van der Waals surface area contributed by atoms with Crippen LogP contribution in [0.25, 0.3) is 11.4 Å². The number of pyridine rings is 1. The van der Waals surface area contributed by atoms with E-state index in [1.54, 1.807) is 12.4 Å². The van der Waals surface area contributed by atoms with Gasteiger partial charge >= 0.3 is 0 Å². The summed E-state index contributed by atoms with van der Waals surface area (Å²) in [6, 6.07) is 8.91. The summed E-state index contributed by atoms with van der Waals surface area (Å²) in [7, 11) is 0. The average molecular weight is 339 g/mol. The summed E-state index contributed by atoms with van der Waals surface area (Å²) >= 11 is 0. The number of hydrogen-bond donors (Lipinski definition) is 2. The Morgan fingerprint density at radius 1 is 1.04 bits per heavy atom. The van der Waals surface area contributed by atoms with Gasteiger partial charge in [0.1, 0.15) is 5.82 Å². The molecule has 2 heterocycles. The molecule has 0 aliphatic carbocycles. The van der Waals surface area contributed by atoms with Gasteiger partial charge < -0.3 is 15.2 Å². The van der Waals surface area contributed by atoms with Crippen molar-refractivity contribution in [2.75, 3.05) is 13.2 Å². The van der Waals surface area contributed by atoms with Gasteiger partial charge in [-0.25, -0.2) is 4.98 Å². The van der Waals surface area contributed by atoms with Gasteiger partial charge in [-0.05, 0) is 43.7 Å². The summed E-state index contributed by atoms with van der Waals surface area (Å²) < 4.78 is 11.2. The van der Waals surface area contributed by atoms with E-state index in [1.807, 2.05) is 44.2 Å². The van der Waals surface area contributed by atoms with Crippen LogP contribution >= 0.6 is 0 Å². The van der Waals surface area contributed by atoms with Crippen molar-refractivity contribution in [3.05, 3.63) is 54.1 Å². The monoisotopic (exact) mass is 339 g/mol. The zero-order chi connectivity index (χ0) is 17.6. The number of nitrogens with one attached hydrogen (secondary N) is 1. The summed E-state index contributed by atoms with van der Waals surface area (Å²) in [6.07, 6.45) is 3.40. The highest BCUT2D eigenvalue weighted by Crippen LogP contribution is 2.31. The molecular weight excluding hydrogens is 318 g/mol. The van der Waals surface area contributed by atoms with Crippen LogP contribution in [0.4, 0.5) is 0 Å². The van der Waals surface area contributed by atoms with Gasteiger partial charge in [0.15, 0.2) is 17.3 Å². The second kappa shape index (κ2) is 7.76. The summed E-state index contributed by atoms with van der Waals surface area (Å²) in [5.41, 5.74) is 8.10. The van der Waals surface area contributed by atoms with Crippen molar-refractivity contribution in [2.24, 2.45) is 5.73 Å². The molecule has 0 amide bonds. The minimum atomic E-state index is -0.446. The molecule has 1 atom stereocenters. The van der Waals surface area contributed by atoms with Crippen molar-refractivity contribution in [3.8, 4) is 22.9 Å². The standard InChI is InChI=1S/C18H21N5O2/c1-3-24-14-6-5-13(11-15(14)25-4-2)16(19)18-21-17(22-23-18)12-7-9-20-10-8-12/h5-11,16H,3-4,19H2,1-2H3,(H,21,22,23)/t16-/m1/s1. The molecule has 0 aliphatic rings. The van der Waals surface area contributed by atoms with Gasteiger partial charge in [0.05, 0.1) is 19.3 Å². The first kappa shape index (κ1) is 16.9. The molecule has 0 aliphatic heterocycles. The Balaban J connectivity index is 1.86. The summed E-state index contributed by atoms with van der Waals surface area (Å²) in [5, 5.41) is 7.15. The number of benzene rings is 1. The van der Waals surface area contributed by atoms with Crippen LogP contribution in [0.1, 0.15) is 31.3 Å². The van der Waals surface area contributed by atoms with Gasteiger partial charge in [0, 0.05) is 18.0 Å². The first-order valence-corrected chi connectivity index (χ1v) is 8.20. The van der Waals surface area contributed by atoms with Gasteiger partial charge in [-0.3, -0.25) is 10.1 Å². The van der Waals surface area contributed by atoms with Gasteiger partial charge in [0.2, 0.25) is 0 Å². The van der Waals surface area contributed by atoms with E-state index in [9.17, 15) is 0 Å². The number of rotatable bonds is 7. The van der Waals surface area contributed by atoms with Crippen LogP contribution in [0.3, 0.4) is 0 Å². The Morgan fingerprint density at radius 2 is 1.76 bits per heavy atom. The lowest BCUT2D eigenvalue weighted by Crippen LogP contribution is -2.14. The first-order valence-electron chi connectivity index (χ1n) is 8.20. The molecule has 130 valence electrons. The number of H-pyrrole nitrogens is 1. The Kier molecular flexibility index (Phi) is 5.25. The molecule has 7 nitrogen and oxygen atoms in total. The highest BCUT2D eigenvalue weighted by atomic mass is 16.5. The molecule has 0 radical (unpaired) electrons. The fraction of sp³-hybridized carbons (Fsp3) is 0.278. The quantitative estimate of drug-likeness (QED) is 0.686. The minimum Gasteiger partial charge on any atom is -0.490 e. The zero-order valence-corrected chi connectivity index (χ0v) is 14.3. The molecule has 0 saturated carbocycles. The van der Waals surface area contributed by atoms with Crippen molar-refractivity contribution < 1.29 is 9.47 Å². The van der Waals surface area contributed by atoms with E-state index in [4.69, 9.17) is 15.2 Å². The molecule has 1 aromatic carbocycles. The van der Waals surface area contributed by atoms with E-state index in [1.165, 1.54) is 0 Å². The van der Waals surface area contributed by atoms with Crippen LogP contribution < -0.4 is 15.2 Å². The lowest BCUT2D eigenvalue weighted by molar-refractivity contribution is 0.287. The first-order chi connectivity index (χ1) is 12.2. The summed E-state index contributed by atoms with van der Waals surface area (Å²) in [6.45, 7) is 4.99. The second-order valence-corrected chi connectivity index (χ2v) is 5.33. The zero-order valence-electron chi connectivity index (χ0n) is 14.3. The Bertz CT molecular complexity index is 819. The van der Waals surface area contributed by atoms with Crippen molar-refractivity contribution in [1.82, 2.24) is 20.2 Å². The van der Waals surface area contributed by atoms with Crippen LogP contribution in [-0.4, -0.2) is 33.4 Å². The largest absolute Gasteiger partial charge is 0.490 e. The van der Waals surface area contributed by atoms with Gasteiger partial charge in [-0.15, -0.1) is 0 Å². The molecule has 2 aromatic heterocycles. The molecule has 0 fully saturated rings. The maximum Gasteiger partial charge on any atom is 0.181 e. The average Bonchev–Trinajstić information content (AvgIpc) is 3.14. The van der Waals surface area contributed by atoms with Crippen LogP contribution in [0, 0.1) is 0 Å². The number of nitrogens with zero attached hydrogens (tertiary/aromatic N) is 3. The fourth-order valence-corrected chi connectivity index (χ4v) is 2.46. The number of nitrogens with two attached hydrogens (primary N) is 1. The maximum atomic E-state index is 6.35. The van der Waals surface area contributed by atoms with Crippen molar-refractivity contribution in [2.45, 2.75) is 19.9 Å². The molecule has 0 saturated heterocycles. The van der Waals surface area contributed by atoms with Crippen molar-refractivity contribution >= 4 is 0 Å². The highest BCUT2D eigenvalue weighted by Gasteiger charge is 2.17. The van der Waals surface area contributed by atoms with Gasteiger partial charge in [0.25, 0.3) is 0 Å². The predicted molar refractivity (Wildman–Crippen MR) is 94.4 cm³/mol. The third-order valence-corrected chi connectivity index (χ3v) is 3.66. The van der Waals surface area contributed by atoms with Crippen LogP contribution in [0.5, 0.6) is 11.5 Å². The molecule has 25 heavy (non-hydrogen) atoms. The topological polar surface area (TPSA) is 98.9 Å². The molecule has 7 heteroatoms. The van der Waals surface area contributed by atoms with E-state index in [2.05, 4.69) is 20.2 Å². The molecule has 0 bridgehead atoms. The Morgan fingerprint density at radius 3 is 2.48 bits per heavy atom. The lowest BCUT2D eigenvalue weighted by Gasteiger charge is -2.14. The molecule has 0 unspecified atom stereocenters. The molecule has 0 spiro atoms. The number of aromatic nitrogens is 4. The SMILES string of the molecule is CCOc1ccc([C@@H](N)c2nc(-c3ccncc3)n[nH]2)cc1OCC. The van der Waals surface area contributed by atoms with E-state index >= 15 is 0 Å². The van der Waals surface area contributed by atoms with Crippen molar-refractivity contribution in [3.63, 3.8) is 0 Å². The molecular formula is C18H21N5O2. The maximum absolute atomic E-state index is 6.35. The third kappa shape index (κ3) is 3.77. The molecule has 3 rings (SSSR count). The van der Waals surface area contributed by atoms with E-state index < -0.39 is 6.04 Å². The summed E-state index contributed by atoms with van der Waals surface area (Å²) in [4.78, 5) is 8.49. The number of aromatic amines is 1. The third-order valence-electron chi connectivity index (χ3n) is 3.66. The van der Waals surface area contributed by atoms with Crippen molar-refractivity contribution in [1.29, 1.82) is 0 Å². The van der Waals surface area contributed by atoms with E-state index in [0.717, 1.165) is 11.1 Å². The van der Waals surface area contributed by atoms with Crippen LogP contribution in [0.15, 0.2) is 42.7 Å². The number of hydrogen-bond acceptors (Lipinski definition) is 6. The normalized spacial score (nSPS) is 12.0. The minimum absolute atomic E-state index is 0.446. The van der Waals surface area contributed by atoms with Crippen LogP contribution in [0.2, 0.25) is 0 Å². The van der Waals surface area contributed by atoms with Crippen LogP contribution in [-0.2, 0) is 0 Å². The fourth-order valence-electron chi connectivity index (χ4n) is 2.46. The second-order valence-electron chi connectivity index (χ2n) is 5.33. The van der Waals surface area contributed by atoms with E-state index in [-0.39, 0.29) is 0 Å². The Labute approximate surface area is 146 Å². The van der Waals surface area contributed by atoms with Gasteiger partial charge in [-0.2, -0.15) is 5.10 Å². The smallest absolute Gasteiger partial charge is 0.181 e. The van der Waals surface area contributed by atoms with Gasteiger partial charge in [-0.1, -0.05) is 6.07 Å². The number of ether oxygens (including phenoxy) is 2. The predicted octanol–water partition coefficient (Wildman–Crippen LogP) is 2.71.